The number of aromatic nitrogens is 2. The van der Waals surface area contributed by atoms with E-state index in [1.807, 2.05) is 36.7 Å². The molecule has 2 amide bonds. The SMILES string of the molecule is COc1ccc(NC(C)=O)cc1NC(=O)c1ccc(-n2nc(C)cc2C)cc1. The first-order chi connectivity index (χ1) is 13.4. The summed E-state index contributed by atoms with van der Waals surface area (Å²) in [4.78, 5) is 23.9. The number of hydrogen-bond acceptors (Lipinski definition) is 4. The van der Waals surface area contributed by atoms with Gasteiger partial charge >= 0.3 is 0 Å². The molecule has 0 saturated carbocycles. The van der Waals surface area contributed by atoms with Gasteiger partial charge in [-0.05, 0) is 62.4 Å². The van der Waals surface area contributed by atoms with Crippen LogP contribution in [-0.2, 0) is 4.79 Å². The van der Waals surface area contributed by atoms with E-state index in [0.717, 1.165) is 17.1 Å². The van der Waals surface area contributed by atoms with E-state index in [9.17, 15) is 9.59 Å². The Labute approximate surface area is 163 Å². The van der Waals surface area contributed by atoms with Crippen LogP contribution < -0.4 is 15.4 Å². The molecule has 0 atom stereocenters. The predicted octanol–water partition coefficient (Wildman–Crippen LogP) is 3.71. The van der Waals surface area contributed by atoms with Crippen LogP contribution >= 0.6 is 0 Å². The van der Waals surface area contributed by atoms with E-state index in [2.05, 4.69) is 15.7 Å². The molecule has 0 radical (unpaired) electrons. The van der Waals surface area contributed by atoms with Crippen LogP contribution in [0.2, 0.25) is 0 Å². The zero-order chi connectivity index (χ0) is 20.3. The van der Waals surface area contributed by atoms with Crippen LogP contribution in [0.3, 0.4) is 0 Å². The van der Waals surface area contributed by atoms with Crippen LogP contribution in [0.1, 0.15) is 28.7 Å². The van der Waals surface area contributed by atoms with Gasteiger partial charge < -0.3 is 15.4 Å². The second-order valence-electron chi connectivity index (χ2n) is 6.44. The maximum Gasteiger partial charge on any atom is 0.255 e. The van der Waals surface area contributed by atoms with E-state index in [-0.39, 0.29) is 11.8 Å². The fraction of sp³-hybridized carbons (Fsp3) is 0.190. The average Bonchev–Trinajstić information content (AvgIpc) is 3.00. The minimum Gasteiger partial charge on any atom is -0.495 e. The van der Waals surface area contributed by atoms with E-state index in [0.29, 0.717) is 22.7 Å². The van der Waals surface area contributed by atoms with Crippen LogP contribution in [0.4, 0.5) is 11.4 Å². The molecule has 28 heavy (non-hydrogen) atoms. The summed E-state index contributed by atoms with van der Waals surface area (Å²) in [6.07, 6.45) is 0. The van der Waals surface area contributed by atoms with Crippen molar-refractivity contribution in [1.29, 1.82) is 0 Å². The molecule has 2 N–H and O–H groups in total. The summed E-state index contributed by atoms with van der Waals surface area (Å²) in [6.45, 7) is 5.34. The van der Waals surface area contributed by atoms with Gasteiger partial charge in [-0.3, -0.25) is 9.59 Å². The largest absolute Gasteiger partial charge is 0.495 e. The number of rotatable bonds is 5. The normalized spacial score (nSPS) is 10.4. The summed E-state index contributed by atoms with van der Waals surface area (Å²) in [5.41, 5.74) is 4.38. The zero-order valence-electron chi connectivity index (χ0n) is 16.2. The minimum absolute atomic E-state index is 0.192. The number of nitrogens with zero attached hydrogens (tertiary/aromatic N) is 2. The molecule has 7 nitrogen and oxygen atoms in total. The van der Waals surface area contributed by atoms with Crippen molar-refractivity contribution in [2.45, 2.75) is 20.8 Å². The Hall–Kier alpha value is -3.61. The van der Waals surface area contributed by atoms with Crippen LogP contribution in [0.15, 0.2) is 48.5 Å². The summed E-state index contributed by atoms with van der Waals surface area (Å²) in [5.74, 6) is 0.0297. The summed E-state index contributed by atoms with van der Waals surface area (Å²) >= 11 is 0. The van der Waals surface area contributed by atoms with Crippen molar-refractivity contribution in [3.63, 3.8) is 0 Å². The summed E-state index contributed by atoms with van der Waals surface area (Å²) in [6, 6.07) is 14.2. The second kappa shape index (κ2) is 7.96. The average molecular weight is 378 g/mol. The maximum atomic E-state index is 12.7. The van der Waals surface area contributed by atoms with Gasteiger partial charge in [0.15, 0.2) is 0 Å². The number of nitrogens with one attached hydrogen (secondary N) is 2. The molecule has 0 aliphatic heterocycles. The number of carbonyl (C=O) groups is 2. The number of hydrogen-bond donors (Lipinski definition) is 2. The quantitative estimate of drug-likeness (QED) is 0.709. The monoisotopic (exact) mass is 378 g/mol. The number of methoxy groups -OCH3 is 1. The molecule has 0 bridgehead atoms. The van der Waals surface area contributed by atoms with Gasteiger partial charge in [0.25, 0.3) is 5.91 Å². The summed E-state index contributed by atoms with van der Waals surface area (Å²) < 4.78 is 7.13. The van der Waals surface area contributed by atoms with Gasteiger partial charge in [-0.1, -0.05) is 0 Å². The van der Waals surface area contributed by atoms with Gasteiger partial charge in [0.05, 0.1) is 24.2 Å². The van der Waals surface area contributed by atoms with Crippen LogP contribution in [0, 0.1) is 13.8 Å². The molecule has 3 rings (SSSR count). The Morgan fingerprint density at radius 2 is 1.71 bits per heavy atom. The molecular formula is C21H22N4O3. The van der Waals surface area contributed by atoms with Crippen LogP contribution in [0.5, 0.6) is 5.75 Å². The van der Waals surface area contributed by atoms with Crippen molar-refractivity contribution in [1.82, 2.24) is 9.78 Å². The third kappa shape index (κ3) is 4.20. The fourth-order valence-corrected chi connectivity index (χ4v) is 2.93. The third-order valence-electron chi connectivity index (χ3n) is 4.15. The van der Waals surface area contributed by atoms with E-state index in [1.54, 1.807) is 30.3 Å². The molecule has 2 aromatic carbocycles. The highest BCUT2D eigenvalue weighted by Crippen LogP contribution is 2.28. The summed E-state index contributed by atoms with van der Waals surface area (Å²) in [7, 11) is 1.52. The van der Waals surface area contributed by atoms with Crippen molar-refractivity contribution in [3.05, 3.63) is 65.5 Å². The number of aryl methyl sites for hydroxylation is 2. The molecule has 0 spiro atoms. The smallest absolute Gasteiger partial charge is 0.255 e. The zero-order valence-corrected chi connectivity index (χ0v) is 16.2. The van der Waals surface area contributed by atoms with Gasteiger partial charge in [-0.2, -0.15) is 5.10 Å². The molecule has 0 unspecified atom stereocenters. The Kier molecular flexibility index (Phi) is 5.44. The standard InChI is InChI=1S/C21H22N4O3/c1-13-11-14(2)25(24-13)18-8-5-16(6-9-18)21(27)23-19-12-17(22-15(3)26)7-10-20(19)28-4/h5-12H,1-4H3,(H,22,26)(H,23,27). The van der Waals surface area contributed by atoms with E-state index < -0.39 is 0 Å². The number of ether oxygens (including phenoxy) is 1. The fourth-order valence-electron chi connectivity index (χ4n) is 2.93. The first-order valence-electron chi connectivity index (χ1n) is 8.78. The molecule has 1 aromatic heterocycles. The van der Waals surface area contributed by atoms with Gasteiger partial charge in [-0.25, -0.2) is 4.68 Å². The summed E-state index contributed by atoms with van der Waals surface area (Å²) in [5, 5.41) is 9.96. The third-order valence-corrected chi connectivity index (χ3v) is 4.15. The Morgan fingerprint density at radius 1 is 1.00 bits per heavy atom. The lowest BCUT2D eigenvalue weighted by atomic mass is 10.1. The van der Waals surface area contributed by atoms with Gasteiger partial charge in [0.1, 0.15) is 5.75 Å². The number of carbonyl (C=O) groups excluding carboxylic acids is 2. The van der Waals surface area contributed by atoms with Gasteiger partial charge in [-0.15, -0.1) is 0 Å². The molecular weight excluding hydrogens is 356 g/mol. The van der Waals surface area contributed by atoms with Crippen molar-refractivity contribution in [3.8, 4) is 11.4 Å². The maximum absolute atomic E-state index is 12.7. The first kappa shape index (κ1) is 19.2. The lowest BCUT2D eigenvalue weighted by molar-refractivity contribution is -0.114. The Bertz CT molecular complexity index is 1020. The Balaban J connectivity index is 1.81. The molecule has 7 heteroatoms. The highest BCUT2D eigenvalue weighted by molar-refractivity contribution is 6.05. The predicted molar refractivity (Wildman–Crippen MR) is 108 cm³/mol. The first-order valence-corrected chi connectivity index (χ1v) is 8.78. The number of benzene rings is 2. The van der Waals surface area contributed by atoms with E-state index >= 15 is 0 Å². The molecule has 0 fully saturated rings. The van der Waals surface area contributed by atoms with Crippen molar-refractivity contribution in [2.24, 2.45) is 0 Å². The van der Waals surface area contributed by atoms with Gasteiger partial charge in [0, 0.05) is 23.9 Å². The molecule has 3 aromatic rings. The minimum atomic E-state index is -0.279. The molecule has 0 saturated heterocycles. The van der Waals surface area contributed by atoms with E-state index in [1.165, 1.54) is 14.0 Å². The lowest BCUT2D eigenvalue weighted by Gasteiger charge is -2.13. The Morgan fingerprint density at radius 3 is 2.29 bits per heavy atom. The highest BCUT2D eigenvalue weighted by atomic mass is 16.5. The highest BCUT2D eigenvalue weighted by Gasteiger charge is 2.12. The topological polar surface area (TPSA) is 85.3 Å². The van der Waals surface area contributed by atoms with E-state index in [4.69, 9.17) is 4.74 Å². The number of amides is 2. The number of anilines is 2. The van der Waals surface area contributed by atoms with Crippen LogP contribution in [0.25, 0.3) is 5.69 Å². The molecule has 0 aliphatic rings. The van der Waals surface area contributed by atoms with Crippen LogP contribution in [-0.4, -0.2) is 28.7 Å². The van der Waals surface area contributed by atoms with Crippen molar-refractivity contribution < 1.29 is 14.3 Å². The second-order valence-corrected chi connectivity index (χ2v) is 6.44. The molecule has 1 heterocycles. The van der Waals surface area contributed by atoms with Crippen molar-refractivity contribution in [2.75, 3.05) is 17.7 Å². The van der Waals surface area contributed by atoms with Crippen molar-refractivity contribution >= 4 is 23.2 Å². The lowest BCUT2D eigenvalue weighted by Crippen LogP contribution is -2.13. The molecule has 144 valence electrons. The van der Waals surface area contributed by atoms with Gasteiger partial charge in [0.2, 0.25) is 5.91 Å². The molecule has 0 aliphatic carbocycles.